The van der Waals surface area contributed by atoms with E-state index in [0.717, 1.165) is 18.0 Å². The Balaban J connectivity index is 2.12. The van der Waals surface area contributed by atoms with Crippen LogP contribution in [0.5, 0.6) is 0 Å². The first-order valence-corrected chi connectivity index (χ1v) is 6.69. The minimum atomic E-state index is 0.269. The van der Waals surface area contributed by atoms with Crippen LogP contribution in [0.2, 0.25) is 5.02 Å². The molecule has 82 valence electrons. The number of nitrogens with two attached hydrogens (primary N) is 1. The second-order valence-corrected chi connectivity index (χ2v) is 6.15. The van der Waals surface area contributed by atoms with Crippen LogP contribution in [0.1, 0.15) is 18.4 Å². The van der Waals surface area contributed by atoms with E-state index in [4.69, 9.17) is 17.3 Å². The number of rotatable bonds is 3. The molecule has 1 fully saturated rings. The van der Waals surface area contributed by atoms with Gasteiger partial charge >= 0.3 is 0 Å². The van der Waals surface area contributed by atoms with Crippen LogP contribution < -0.4 is 5.73 Å². The van der Waals surface area contributed by atoms with Gasteiger partial charge in [0.2, 0.25) is 0 Å². The fraction of sp³-hybridized carbons (Fsp3) is 0.500. The zero-order valence-electron chi connectivity index (χ0n) is 8.71. The predicted octanol–water partition coefficient (Wildman–Crippen LogP) is 3.11. The van der Waals surface area contributed by atoms with Crippen molar-refractivity contribution in [2.75, 3.05) is 12.3 Å². The van der Waals surface area contributed by atoms with Gasteiger partial charge in [0.05, 0.1) is 0 Å². The van der Waals surface area contributed by atoms with Crippen molar-refractivity contribution < 1.29 is 0 Å². The van der Waals surface area contributed by atoms with E-state index in [1.54, 1.807) is 0 Å². The van der Waals surface area contributed by atoms with Crippen LogP contribution >= 0.6 is 23.4 Å². The molecule has 1 aromatic carbocycles. The molecule has 1 atom stereocenters. The second-order valence-electron chi connectivity index (χ2n) is 4.15. The molecule has 2 N–H and O–H groups in total. The molecule has 0 aliphatic carbocycles. The number of hydrogen-bond acceptors (Lipinski definition) is 2. The van der Waals surface area contributed by atoms with Gasteiger partial charge in [-0.2, -0.15) is 11.8 Å². The van der Waals surface area contributed by atoms with Crippen LogP contribution in [0.4, 0.5) is 0 Å². The maximum Gasteiger partial charge on any atom is 0.0408 e. The summed E-state index contributed by atoms with van der Waals surface area (Å²) >= 11 is 8.00. The van der Waals surface area contributed by atoms with E-state index in [9.17, 15) is 0 Å². The topological polar surface area (TPSA) is 26.0 Å². The van der Waals surface area contributed by atoms with Crippen molar-refractivity contribution in [3.63, 3.8) is 0 Å². The minimum Gasteiger partial charge on any atom is -0.329 e. The van der Waals surface area contributed by atoms with E-state index >= 15 is 0 Å². The molecular weight excluding hydrogens is 226 g/mol. The van der Waals surface area contributed by atoms with E-state index in [2.05, 4.69) is 12.1 Å². The number of thioether (sulfide) groups is 1. The highest BCUT2D eigenvalue weighted by atomic mass is 35.5. The first-order chi connectivity index (χ1) is 7.24. The largest absolute Gasteiger partial charge is 0.329 e. The molecule has 1 aliphatic rings. The molecule has 0 spiro atoms. The first kappa shape index (κ1) is 11.3. The molecule has 1 aliphatic heterocycles. The zero-order chi connectivity index (χ0) is 10.7. The van der Waals surface area contributed by atoms with E-state index < -0.39 is 0 Å². The Hall–Kier alpha value is -0.180. The quantitative estimate of drug-likeness (QED) is 0.880. The monoisotopic (exact) mass is 241 g/mol. The third-order valence-corrected chi connectivity index (χ3v) is 4.83. The van der Waals surface area contributed by atoms with Gasteiger partial charge in [-0.25, -0.2) is 0 Å². The van der Waals surface area contributed by atoms with Gasteiger partial charge < -0.3 is 5.73 Å². The molecule has 0 saturated carbocycles. The lowest BCUT2D eigenvalue weighted by Crippen LogP contribution is -2.34. The van der Waals surface area contributed by atoms with Crippen LogP contribution in [-0.4, -0.2) is 17.0 Å². The summed E-state index contributed by atoms with van der Waals surface area (Å²) in [7, 11) is 0. The lowest BCUT2D eigenvalue weighted by molar-refractivity contribution is 0.565. The Morgan fingerprint density at radius 2 is 2.33 bits per heavy atom. The number of halogens is 1. The SMILES string of the molecule is NCC1(Cc2cccc(Cl)c2)CCCS1. The average Bonchev–Trinajstić information content (AvgIpc) is 2.67. The predicted molar refractivity (Wildman–Crippen MR) is 68.6 cm³/mol. The molecule has 0 bridgehead atoms. The lowest BCUT2D eigenvalue weighted by atomic mass is 9.94. The summed E-state index contributed by atoms with van der Waals surface area (Å²) in [6.07, 6.45) is 3.58. The van der Waals surface area contributed by atoms with Crippen LogP contribution in [0, 0.1) is 0 Å². The van der Waals surface area contributed by atoms with Gasteiger partial charge in [-0.1, -0.05) is 23.7 Å². The van der Waals surface area contributed by atoms with E-state index in [1.807, 2.05) is 23.9 Å². The number of benzene rings is 1. The maximum absolute atomic E-state index is 5.98. The van der Waals surface area contributed by atoms with Crippen molar-refractivity contribution in [1.82, 2.24) is 0 Å². The van der Waals surface area contributed by atoms with Crippen molar-refractivity contribution >= 4 is 23.4 Å². The Morgan fingerprint density at radius 3 is 2.93 bits per heavy atom. The molecule has 0 radical (unpaired) electrons. The summed E-state index contributed by atoms with van der Waals surface area (Å²) in [5.41, 5.74) is 7.21. The number of hydrogen-bond donors (Lipinski definition) is 1. The zero-order valence-corrected chi connectivity index (χ0v) is 10.3. The smallest absolute Gasteiger partial charge is 0.0408 e. The third-order valence-electron chi connectivity index (χ3n) is 2.97. The summed E-state index contributed by atoms with van der Waals surface area (Å²) < 4.78 is 0.269. The molecule has 0 amide bonds. The molecule has 1 aromatic rings. The fourth-order valence-electron chi connectivity index (χ4n) is 2.15. The lowest BCUT2D eigenvalue weighted by Gasteiger charge is -2.26. The van der Waals surface area contributed by atoms with Gasteiger partial charge in [0, 0.05) is 16.3 Å². The van der Waals surface area contributed by atoms with Crippen molar-refractivity contribution in [2.45, 2.75) is 24.0 Å². The summed E-state index contributed by atoms with van der Waals surface area (Å²) in [4.78, 5) is 0. The highest BCUT2D eigenvalue weighted by Gasteiger charge is 2.33. The molecule has 1 heterocycles. The Bertz CT molecular complexity index is 334. The third kappa shape index (κ3) is 2.68. The van der Waals surface area contributed by atoms with Crippen molar-refractivity contribution in [2.24, 2.45) is 5.73 Å². The van der Waals surface area contributed by atoms with Crippen LogP contribution in [0.15, 0.2) is 24.3 Å². The second kappa shape index (κ2) is 4.77. The van der Waals surface area contributed by atoms with Gasteiger partial charge in [-0.05, 0) is 42.7 Å². The molecule has 3 heteroatoms. The average molecular weight is 242 g/mol. The van der Waals surface area contributed by atoms with Gasteiger partial charge in [0.25, 0.3) is 0 Å². The van der Waals surface area contributed by atoms with E-state index in [-0.39, 0.29) is 4.75 Å². The molecular formula is C12H16ClNS. The molecule has 2 rings (SSSR count). The van der Waals surface area contributed by atoms with Gasteiger partial charge in [-0.3, -0.25) is 0 Å². The van der Waals surface area contributed by atoms with Crippen molar-refractivity contribution in [3.05, 3.63) is 34.9 Å². The molecule has 1 saturated heterocycles. The van der Waals surface area contributed by atoms with Gasteiger partial charge in [0.1, 0.15) is 0 Å². The van der Waals surface area contributed by atoms with Crippen molar-refractivity contribution in [1.29, 1.82) is 0 Å². The minimum absolute atomic E-state index is 0.269. The fourth-order valence-corrected chi connectivity index (χ4v) is 3.76. The van der Waals surface area contributed by atoms with Crippen LogP contribution in [-0.2, 0) is 6.42 Å². The van der Waals surface area contributed by atoms with Crippen LogP contribution in [0.3, 0.4) is 0 Å². The van der Waals surface area contributed by atoms with Gasteiger partial charge in [-0.15, -0.1) is 0 Å². The first-order valence-electron chi connectivity index (χ1n) is 5.33. The summed E-state index contributed by atoms with van der Waals surface area (Å²) in [6, 6.07) is 8.13. The summed E-state index contributed by atoms with van der Waals surface area (Å²) in [5, 5.41) is 0.822. The van der Waals surface area contributed by atoms with E-state index in [1.165, 1.54) is 24.2 Å². The normalized spacial score (nSPS) is 25.7. The Morgan fingerprint density at radius 1 is 1.47 bits per heavy atom. The summed E-state index contributed by atoms with van der Waals surface area (Å²) in [5.74, 6) is 1.25. The molecule has 1 unspecified atom stereocenters. The van der Waals surface area contributed by atoms with Crippen LogP contribution in [0.25, 0.3) is 0 Å². The Labute approximate surface area is 100 Å². The highest BCUT2D eigenvalue weighted by Crippen LogP contribution is 2.40. The highest BCUT2D eigenvalue weighted by molar-refractivity contribution is 8.00. The van der Waals surface area contributed by atoms with E-state index in [0.29, 0.717) is 0 Å². The Kier molecular flexibility index (Phi) is 3.60. The summed E-state index contributed by atoms with van der Waals surface area (Å²) in [6.45, 7) is 0.768. The molecule has 1 nitrogen and oxygen atoms in total. The maximum atomic E-state index is 5.98. The standard InChI is InChI=1S/C12H16ClNS/c13-11-4-1-3-10(7-11)8-12(9-14)5-2-6-15-12/h1,3-4,7H,2,5-6,8-9,14H2. The molecule has 15 heavy (non-hydrogen) atoms. The molecule has 0 aromatic heterocycles. The van der Waals surface area contributed by atoms with Gasteiger partial charge in [0.15, 0.2) is 0 Å². The van der Waals surface area contributed by atoms with Crippen molar-refractivity contribution in [3.8, 4) is 0 Å².